The summed E-state index contributed by atoms with van der Waals surface area (Å²) in [5, 5.41) is 0. The van der Waals surface area contributed by atoms with Gasteiger partial charge < -0.3 is 5.73 Å². The van der Waals surface area contributed by atoms with E-state index in [4.69, 9.17) is 5.73 Å². The molecular weight excluding hydrogens is 205 g/mol. The summed E-state index contributed by atoms with van der Waals surface area (Å²) in [5.41, 5.74) is 7.06. The Morgan fingerprint density at radius 2 is 2.19 bits per heavy atom. The standard InChI is InChI=1S/C13H18FNO/c1-3-4-11(15)8-13(16)12-6-5-10(14)7-9(12)2/h5-7,11H,3-4,8,15H2,1-2H3. The molecule has 3 heteroatoms. The lowest BCUT2D eigenvalue weighted by Crippen LogP contribution is -2.23. The van der Waals surface area contributed by atoms with Crippen LogP contribution in [0.25, 0.3) is 0 Å². The highest BCUT2D eigenvalue weighted by Gasteiger charge is 2.13. The number of benzene rings is 1. The van der Waals surface area contributed by atoms with Gasteiger partial charge in [-0.25, -0.2) is 4.39 Å². The Hall–Kier alpha value is -1.22. The Morgan fingerprint density at radius 3 is 2.75 bits per heavy atom. The minimum absolute atomic E-state index is 0.00144. The molecule has 1 rings (SSSR count). The summed E-state index contributed by atoms with van der Waals surface area (Å²) in [6, 6.07) is 4.12. The summed E-state index contributed by atoms with van der Waals surface area (Å²) in [4.78, 5) is 11.9. The molecule has 0 aliphatic rings. The van der Waals surface area contributed by atoms with Crippen molar-refractivity contribution in [3.8, 4) is 0 Å². The van der Waals surface area contributed by atoms with E-state index in [1.54, 1.807) is 6.92 Å². The number of hydrogen-bond donors (Lipinski definition) is 1. The van der Waals surface area contributed by atoms with E-state index >= 15 is 0 Å². The molecule has 0 radical (unpaired) electrons. The third-order valence-corrected chi connectivity index (χ3v) is 2.60. The molecule has 0 heterocycles. The van der Waals surface area contributed by atoms with Crippen molar-refractivity contribution in [1.82, 2.24) is 0 Å². The average Bonchev–Trinajstić information content (AvgIpc) is 2.17. The number of hydrogen-bond acceptors (Lipinski definition) is 2. The molecule has 0 bridgehead atoms. The van der Waals surface area contributed by atoms with Crippen LogP contribution in [0.2, 0.25) is 0 Å². The monoisotopic (exact) mass is 223 g/mol. The van der Waals surface area contributed by atoms with Crippen LogP contribution < -0.4 is 5.73 Å². The van der Waals surface area contributed by atoms with Crippen molar-refractivity contribution in [2.75, 3.05) is 0 Å². The SMILES string of the molecule is CCCC(N)CC(=O)c1ccc(F)cc1C. The molecule has 0 aliphatic heterocycles. The Balaban J connectivity index is 2.73. The first-order valence-electron chi connectivity index (χ1n) is 5.59. The fraction of sp³-hybridized carbons (Fsp3) is 0.462. The van der Waals surface area contributed by atoms with Crippen molar-refractivity contribution in [3.05, 3.63) is 35.1 Å². The Morgan fingerprint density at radius 1 is 1.50 bits per heavy atom. The Kier molecular flexibility index (Phi) is 4.62. The van der Waals surface area contributed by atoms with E-state index in [1.165, 1.54) is 18.2 Å². The summed E-state index contributed by atoms with van der Waals surface area (Å²) < 4.78 is 12.9. The topological polar surface area (TPSA) is 43.1 Å². The van der Waals surface area contributed by atoms with Crippen LogP contribution in [0.4, 0.5) is 4.39 Å². The van der Waals surface area contributed by atoms with E-state index in [9.17, 15) is 9.18 Å². The van der Waals surface area contributed by atoms with E-state index < -0.39 is 0 Å². The van der Waals surface area contributed by atoms with E-state index in [0.29, 0.717) is 17.5 Å². The van der Waals surface area contributed by atoms with Crippen LogP contribution >= 0.6 is 0 Å². The number of carbonyl (C=O) groups is 1. The predicted molar refractivity (Wildman–Crippen MR) is 63.0 cm³/mol. The highest BCUT2D eigenvalue weighted by Crippen LogP contribution is 2.14. The van der Waals surface area contributed by atoms with Gasteiger partial charge in [0.05, 0.1) is 0 Å². The zero-order valence-corrected chi connectivity index (χ0v) is 9.79. The van der Waals surface area contributed by atoms with Gasteiger partial charge in [-0.3, -0.25) is 4.79 Å². The van der Waals surface area contributed by atoms with Gasteiger partial charge in [0.2, 0.25) is 0 Å². The average molecular weight is 223 g/mol. The zero-order valence-electron chi connectivity index (χ0n) is 9.79. The Labute approximate surface area is 95.7 Å². The van der Waals surface area contributed by atoms with Crippen LogP contribution in [0, 0.1) is 12.7 Å². The van der Waals surface area contributed by atoms with Gasteiger partial charge in [0.1, 0.15) is 5.82 Å². The molecule has 2 N–H and O–H groups in total. The molecule has 0 fully saturated rings. The first-order valence-corrected chi connectivity index (χ1v) is 5.59. The number of halogens is 1. The molecule has 0 amide bonds. The fourth-order valence-electron chi connectivity index (χ4n) is 1.76. The van der Waals surface area contributed by atoms with Crippen molar-refractivity contribution in [2.24, 2.45) is 5.73 Å². The second-order valence-electron chi connectivity index (χ2n) is 4.14. The molecule has 1 aromatic rings. The first kappa shape index (κ1) is 12.8. The maximum atomic E-state index is 12.9. The van der Waals surface area contributed by atoms with Crippen molar-refractivity contribution < 1.29 is 9.18 Å². The highest BCUT2D eigenvalue weighted by molar-refractivity contribution is 5.97. The number of Topliss-reactive ketones (excluding diaryl/α,β-unsaturated/α-hetero) is 1. The van der Waals surface area contributed by atoms with Crippen LogP contribution in [0.15, 0.2) is 18.2 Å². The summed E-state index contributed by atoms with van der Waals surface area (Å²) in [6.45, 7) is 3.77. The van der Waals surface area contributed by atoms with Crippen LogP contribution in [0.1, 0.15) is 42.1 Å². The lowest BCUT2D eigenvalue weighted by molar-refractivity contribution is 0.0972. The predicted octanol–water partition coefficient (Wildman–Crippen LogP) is 2.83. The lowest BCUT2D eigenvalue weighted by Gasteiger charge is -2.10. The molecule has 16 heavy (non-hydrogen) atoms. The van der Waals surface area contributed by atoms with Crippen LogP contribution in [0.3, 0.4) is 0 Å². The van der Waals surface area contributed by atoms with E-state index in [0.717, 1.165) is 12.8 Å². The molecule has 0 aliphatic carbocycles. The third-order valence-electron chi connectivity index (χ3n) is 2.60. The minimum Gasteiger partial charge on any atom is -0.327 e. The zero-order chi connectivity index (χ0) is 12.1. The fourth-order valence-corrected chi connectivity index (χ4v) is 1.76. The van der Waals surface area contributed by atoms with Crippen LogP contribution in [-0.2, 0) is 0 Å². The summed E-state index contributed by atoms with van der Waals surface area (Å²) in [6.07, 6.45) is 2.14. The molecule has 0 saturated heterocycles. The van der Waals surface area contributed by atoms with Crippen molar-refractivity contribution >= 4 is 5.78 Å². The first-order chi connectivity index (χ1) is 7.54. The molecular formula is C13H18FNO. The van der Waals surface area contributed by atoms with E-state index in [2.05, 4.69) is 0 Å². The second kappa shape index (κ2) is 5.75. The van der Waals surface area contributed by atoms with Gasteiger partial charge >= 0.3 is 0 Å². The van der Waals surface area contributed by atoms with Crippen molar-refractivity contribution in [2.45, 2.75) is 39.2 Å². The maximum absolute atomic E-state index is 12.9. The molecule has 0 spiro atoms. The smallest absolute Gasteiger partial charge is 0.164 e. The van der Waals surface area contributed by atoms with Crippen molar-refractivity contribution in [3.63, 3.8) is 0 Å². The Bertz CT molecular complexity index is 376. The number of ketones is 1. The molecule has 1 aromatic carbocycles. The lowest BCUT2D eigenvalue weighted by atomic mass is 9.98. The largest absolute Gasteiger partial charge is 0.327 e. The van der Waals surface area contributed by atoms with Crippen molar-refractivity contribution in [1.29, 1.82) is 0 Å². The van der Waals surface area contributed by atoms with Gasteiger partial charge in [0.15, 0.2) is 5.78 Å². The van der Waals surface area contributed by atoms with Crippen LogP contribution in [0.5, 0.6) is 0 Å². The van der Waals surface area contributed by atoms with Gasteiger partial charge in [-0.2, -0.15) is 0 Å². The second-order valence-corrected chi connectivity index (χ2v) is 4.14. The summed E-state index contributed by atoms with van der Waals surface area (Å²) in [7, 11) is 0. The molecule has 0 aromatic heterocycles. The minimum atomic E-state index is -0.313. The number of aryl methyl sites for hydroxylation is 1. The molecule has 1 unspecified atom stereocenters. The van der Waals surface area contributed by atoms with E-state index in [1.807, 2.05) is 6.92 Å². The summed E-state index contributed by atoms with van der Waals surface area (Å²) >= 11 is 0. The number of rotatable bonds is 5. The van der Waals surface area contributed by atoms with Gasteiger partial charge in [0.25, 0.3) is 0 Å². The quantitative estimate of drug-likeness (QED) is 0.780. The van der Waals surface area contributed by atoms with Gasteiger partial charge in [-0.05, 0) is 37.1 Å². The van der Waals surface area contributed by atoms with E-state index in [-0.39, 0.29) is 17.6 Å². The molecule has 2 nitrogen and oxygen atoms in total. The van der Waals surface area contributed by atoms with Gasteiger partial charge in [-0.1, -0.05) is 13.3 Å². The maximum Gasteiger partial charge on any atom is 0.164 e. The third kappa shape index (κ3) is 3.42. The molecule has 88 valence electrons. The van der Waals surface area contributed by atoms with Gasteiger partial charge in [-0.15, -0.1) is 0 Å². The number of carbonyl (C=O) groups excluding carboxylic acids is 1. The molecule has 0 saturated carbocycles. The highest BCUT2D eigenvalue weighted by atomic mass is 19.1. The molecule has 1 atom stereocenters. The normalized spacial score (nSPS) is 12.5. The number of nitrogens with two attached hydrogens (primary N) is 1. The summed E-state index contributed by atoms with van der Waals surface area (Å²) in [5.74, 6) is -0.314. The van der Waals surface area contributed by atoms with Crippen LogP contribution in [-0.4, -0.2) is 11.8 Å². The van der Waals surface area contributed by atoms with Gasteiger partial charge in [0, 0.05) is 18.0 Å².